The van der Waals surface area contributed by atoms with Crippen molar-refractivity contribution in [1.82, 2.24) is 19.9 Å². The summed E-state index contributed by atoms with van der Waals surface area (Å²) < 4.78 is 12.9. The van der Waals surface area contributed by atoms with Crippen LogP contribution in [0.5, 0.6) is 0 Å². The summed E-state index contributed by atoms with van der Waals surface area (Å²) in [6.45, 7) is 0. The molecule has 0 bridgehead atoms. The summed E-state index contributed by atoms with van der Waals surface area (Å²) in [5, 5.41) is 1.64. The van der Waals surface area contributed by atoms with Crippen molar-refractivity contribution in [2.45, 2.75) is 10.1 Å². The zero-order valence-electron chi connectivity index (χ0n) is 9.19. The fourth-order valence-corrected chi connectivity index (χ4v) is 3.06. The molecule has 19 heavy (non-hydrogen) atoms. The number of fused-ring (bicyclic) bond motifs is 1. The molecule has 8 heteroatoms. The van der Waals surface area contributed by atoms with E-state index >= 15 is 0 Å². The minimum Gasteiger partial charge on any atom is -0.330 e. The van der Waals surface area contributed by atoms with Crippen LogP contribution >= 0.6 is 35.0 Å². The Morgan fingerprint density at radius 2 is 1.84 bits per heavy atom. The van der Waals surface area contributed by atoms with Gasteiger partial charge in [-0.3, -0.25) is 0 Å². The summed E-state index contributed by atoms with van der Waals surface area (Å²) in [6, 6.07) is 5.17. The van der Waals surface area contributed by atoms with Gasteiger partial charge in [-0.1, -0.05) is 35.0 Å². The number of nitrogens with zero attached hydrogens (tertiary/aromatic N) is 3. The Morgan fingerprint density at radius 1 is 1.11 bits per heavy atom. The van der Waals surface area contributed by atoms with Crippen molar-refractivity contribution in [2.75, 3.05) is 0 Å². The molecule has 0 radical (unpaired) electrons. The molecule has 2 aromatic heterocycles. The van der Waals surface area contributed by atoms with Gasteiger partial charge in [-0.2, -0.15) is 9.37 Å². The highest BCUT2D eigenvalue weighted by Gasteiger charge is 2.08. The van der Waals surface area contributed by atoms with E-state index in [4.69, 9.17) is 23.2 Å². The van der Waals surface area contributed by atoms with E-state index in [1.54, 1.807) is 18.2 Å². The SMILES string of the molecule is Fc1ncc2[nH]c(Sc3cc(Cl)cc(Cl)c3)nc2n1. The summed E-state index contributed by atoms with van der Waals surface area (Å²) in [4.78, 5) is 15.0. The van der Waals surface area contributed by atoms with Crippen LogP contribution in [0.4, 0.5) is 4.39 Å². The van der Waals surface area contributed by atoms with E-state index in [1.165, 1.54) is 18.0 Å². The quantitative estimate of drug-likeness (QED) is 0.728. The maximum absolute atomic E-state index is 12.9. The van der Waals surface area contributed by atoms with Gasteiger partial charge < -0.3 is 4.98 Å². The van der Waals surface area contributed by atoms with Crippen molar-refractivity contribution < 1.29 is 4.39 Å². The first-order valence-corrected chi connectivity index (χ1v) is 6.69. The van der Waals surface area contributed by atoms with Gasteiger partial charge in [0.15, 0.2) is 10.8 Å². The fourth-order valence-electron chi connectivity index (χ4n) is 1.51. The van der Waals surface area contributed by atoms with E-state index in [-0.39, 0.29) is 5.65 Å². The van der Waals surface area contributed by atoms with Crippen molar-refractivity contribution >= 4 is 46.1 Å². The van der Waals surface area contributed by atoms with E-state index in [0.717, 1.165) is 4.90 Å². The van der Waals surface area contributed by atoms with Crippen LogP contribution < -0.4 is 0 Å². The average Bonchev–Trinajstić information content (AvgIpc) is 2.68. The van der Waals surface area contributed by atoms with Crippen LogP contribution in [0.25, 0.3) is 11.2 Å². The van der Waals surface area contributed by atoms with Crippen LogP contribution in [-0.2, 0) is 0 Å². The molecule has 4 nitrogen and oxygen atoms in total. The zero-order valence-corrected chi connectivity index (χ0v) is 11.5. The normalized spacial score (nSPS) is 11.1. The van der Waals surface area contributed by atoms with Gasteiger partial charge in [0.05, 0.1) is 6.20 Å². The second-order valence-electron chi connectivity index (χ2n) is 3.63. The second kappa shape index (κ2) is 4.96. The topological polar surface area (TPSA) is 54.5 Å². The Morgan fingerprint density at radius 3 is 2.58 bits per heavy atom. The number of nitrogens with one attached hydrogen (secondary N) is 1. The molecule has 1 N–H and O–H groups in total. The van der Waals surface area contributed by atoms with E-state index < -0.39 is 6.08 Å². The van der Waals surface area contributed by atoms with Crippen LogP contribution in [-0.4, -0.2) is 19.9 Å². The highest BCUT2D eigenvalue weighted by molar-refractivity contribution is 7.99. The molecule has 0 unspecified atom stereocenters. The molecule has 3 aromatic rings. The molecule has 0 amide bonds. The molecule has 1 aromatic carbocycles. The lowest BCUT2D eigenvalue weighted by molar-refractivity contribution is 0.543. The Bertz CT molecular complexity index is 741. The first-order chi connectivity index (χ1) is 9.10. The molecule has 2 heterocycles. The van der Waals surface area contributed by atoms with Crippen LogP contribution in [0.2, 0.25) is 10.0 Å². The molecular weight excluding hydrogens is 310 g/mol. The molecule has 0 aliphatic rings. The third-order valence-electron chi connectivity index (χ3n) is 2.24. The van der Waals surface area contributed by atoms with Crippen molar-refractivity contribution in [1.29, 1.82) is 0 Å². The minimum atomic E-state index is -0.804. The van der Waals surface area contributed by atoms with Crippen LogP contribution in [0.1, 0.15) is 0 Å². The molecule has 0 saturated heterocycles. The van der Waals surface area contributed by atoms with E-state index in [9.17, 15) is 4.39 Å². The maximum atomic E-state index is 12.9. The van der Waals surface area contributed by atoms with Gasteiger partial charge in [0.2, 0.25) is 0 Å². The number of benzene rings is 1. The predicted octanol–water partition coefficient (Wildman–Crippen LogP) is 3.95. The lowest BCUT2D eigenvalue weighted by atomic mass is 10.4. The molecule has 0 fully saturated rings. The van der Waals surface area contributed by atoms with Gasteiger partial charge in [0.25, 0.3) is 0 Å². The highest BCUT2D eigenvalue weighted by atomic mass is 35.5. The highest BCUT2D eigenvalue weighted by Crippen LogP contribution is 2.31. The van der Waals surface area contributed by atoms with Gasteiger partial charge in [-0.25, -0.2) is 9.97 Å². The van der Waals surface area contributed by atoms with Crippen LogP contribution in [0.3, 0.4) is 0 Å². The third-order valence-corrected chi connectivity index (χ3v) is 3.53. The Labute approximate surface area is 121 Å². The van der Waals surface area contributed by atoms with Crippen molar-refractivity contribution in [2.24, 2.45) is 0 Å². The number of imidazole rings is 1. The number of rotatable bonds is 2. The first kappa shape index (κ1) is 12.7. The number of hydrogen-bond acceptors (Lipinski definition) is 4. The molecule has 0 spiro atoms. The predicted molar refractivity (Wildman–Crippen MR) is 72.2 cm³/mol. The summed E-state index contributed by atoms with van der Waals surface area (Å²) in [6.07, 6.45) is 0.543. The van der Waals surface area contributed by atoms with Gasteiger partial charge in [0.1, 0.15) is 5.52 Å². The standard InChI is InChI=1S/C11H5Cl2FN4S/c12-5-1-6(13)3-7(2-5)19-11-16-8-4-15-10(14)17-9(8)18-11/h1-4H,(H,15,16,17,18). The number of aromatic amines is 1. The maximum Gasteiger partial charge on any atom is 0.310 e. The molecule has 96 valence electrons. The zero-order chi connectivity index (χ0) is 13.4. The molecule has 0 aliphatic heterocycles. The van der Waals surface area contributed by atoms with Crippen LogP contribution in [0, 0.1) is 6.08 Å². The summed E-state index contributed by atoms with van der Waals surface area (Å²) in [5.74, 6) is 0. The fraction of sp³-hybridized carbons (Fsp3) is 0. The van der Waals surface area contributed by atoms with Gasteiger partial charge in [0, 0.05) is 14.9 Å². The van der Waals surface area contributed by atoms with Crippen molar-refractivity contribution in [3.05, 3.63) is 40.5 Å². The average molecular weight is 315 g/mol. The molecule has 0 aliphatic carbocycles. The van der Waals surface area contributed by atoms with E-state index in [2.05, 4.69) is 19.9 Å². The number of halogens is 3. The van der Waals surface area contributed by atoms with Gasteiger partial charge in [-0.15, -0.1) is 0 Å². The van der Waals surface area contributed by atoms with Crippen molar-refractivity contribution in [3.8, 4) is 0 Å². The number of H-pyrrole nitrogens is 1. The van der Waals surface area contributed by atoms with Crippen molar-refractivity contribution in [3.63, 3.8) is 0 Å². The first-order valence-electron chi connectivity index (χ1n) is 5.12. The number of aromatic nitrogens is 4. The second-order valence-corrected chi connectivity index (χ2v) is 5.56. The summed E-state index contributed by atoms with van der Waals surface area (Å²) in [7, 11) is 0. The van der Waals surface area contributed by atoms with Crippen LogP contribution in [0.15, 0.2) is 34.4 Å². The smallest absolute Gasteiger partial charge is 0.310 e. The monoisotopic (exact) mass is 314 g/mol. The Hall–Kier alpha value is -1.37. The Kier molecular flexibility index (Phi) is 3.30. The largest absolute Gasteiger partial charge is 0.330 e. The minimum absolute atomic E-state index is 0.281. The Balaban J connectivity index is 1.96. The molecular formula is C11H5Cl2FN4S. The lowest BCUT2D eigenvalue weighted by Gasteiger charge is -1.99. The third kappa shape index (κ3) is 2.80. The summed E-state index contributed by atoms with van der Waals surface area (Å²) >= 11 is 13.2. The van der Waals surface area contributed by atoms with Gasteiger partial charge in [-0.05, 0) is 18.2 Å². The molecule has 0 atom stereocenters. The molecule has 0 saturated carbocycles. The van der Waals surface area contributed by atoms with Gasteiger partial charge >= 0.3 is 6.08 Å². The summed E-state index contributed by atoms with van der Waals surface area (Å²) in [5.41, 5.74) is 0.847. The molecule has 3 rings (SSSR count). The lowest BCUT2D eigenvalue weighted by Crippen LogP contribution is -1.87. The van der Waals surface area contributed by atoms with E-state index in [0.29, 0.717) is 20.7 Å². The van der Waals surface area contributed by atoms with E-state index in [1.807, 2.05) is 0 Å². The number of hydrogen-bond donors (Lipinski definition) is 1.